The molecule has 0 N–H and O–H groups in total. The van der Waals surface area contributed by atoms with Crippen molar-refractivity contribution in [3.63, 3.8) is 0 Å². The number of carbonyl (C=O) groups excluding carboxylic acids is 2. The Balaban J connectivity index is 3.08. The standard InChI is InChI=1S/C19H26O4/c1-12(2)22-18(20)17(19(21)23-13(3)4)11-15(6)16-9-7-14(5)8-10-16/h7-13,15H,1-6H3/t15-/m1/s1. The third-order valence-corrected chi connectivity index (χ3v) is 3.15. The van der Waals surface area contributed by atoms with E-state index in [0.717, 1.165) is 11.1 Å². The highest BCUT2D eigenvalue weighted by molar-refractivity contribution is 6.14. The molecule has 0 amide bonds. The van der Waals surface area contributed by atoms with E-state index in [4.69, 9.17) is 9.47 Å². The van der Waals surface area contributed by atoms with Gasteiger partial charge >= 0.3 is 11.9 Å². The Morgan fingerprint density at radius 1 is 0.870 bits per heavy atom. The SMILES string of the molecule is Cc1ccc([C@H](C)C=C(C(=O)OC(C)C)C(=O)OC(C)C)cc1. The summed E-state index contributed by atoms with van der Waals surface area (Å²) in [6.07, 6.45) is 1.01. The lowest BCUT2D eigenvalue weighted by Gasteiger charge is -2.15. The second kappa shape index (κ2) is 8.51. The molecule has 0 heterocycles. The van der Waals surface area contributed by atoms with Crippen LogP contribution < -0.4 is 0 Å². The third-order valence-electron chi connectivity index (χ3n) is 3.15. The summed E-state index contributed by atoms with van der Waals surface area (Å²) < 4.78 is 10.3. The predicted octanol–water partition coefficient (Wildman–Crippen LogP) is 3.93. The summed E-state index contributed by atoms with van der Waals surface area (Å²) in [5.41, 5.74) is 2.12. The largest absolute Gasteiger partial charge is 0.459 e. The minimum Gasteiger partial charge on any atom is -0.459 e. The number of allylic oxidation sites excluding steroid dienone is 1. The Morgan fingerprint density at radius 2 is 1.30 bits per heavy atom. The maximum absolute atomic E-state index is 12.2. The van der Waals surface area contributed by atoms with Crippen LogP contribution in [-0.4, -0.2) is 24.1 Å². The van der Waals surface area contributed by atoms with Crippen molar-refractivity contribution in [1.82, 2.24) is 0 Å². The van der Waals surface area contributed by atoms with Gasteiger partial charge in [0.05, 0.1) is 12.2 Å². The average Bonchev–Trinajstić information content (AvgIpc) is 2.43. The number of carbonyl (C=O) groups is 2. The molecule has 0 bridgehead atoms. The molecule has 0 radical (unpaired) electrons. The fraction of sp³-hybridized carbons (Fsp3) is 0.474. The first-order chi connectivity index (χ1) is 10.7. The van der Waals surface area contributed by atoms with Crippen LogP contribution in [0.5, 0.6) is 0 Å². The van der Waals surface area contributed by atoms with Crippen LogP contribution in [0.3, 0.4) is 0 Å². The third kappa shape index (κ3) is 6.27. The van der Waals surface area contributed by atoms with Crippen molar-refractivity contribution < 1.29 is 19.1 Å². The fourth-order valence-electron chi connectivity index (χ4n) is 1.99. The summed E-state index contributed by atoms with van der Waals surface area (Å²) in [4.78, 5) is 24.4. The van der Waals surface area contributed by atoms with E-state index in [1.165, 1.54) is 0 Å². The molecule has 4 nitrogen and oxygen atoms in total. The second-order valence-corrected chi connectivity index (χ2v) is 6.19. The van der Waals surface area contributed by atoms with Gasteiger partial charge in [-0.3, -0.25) is 0 Å². The van der Waals surface area contributed by atoms with Gasteiger partial charge in [0, 0.05) is 5.92 Å². The molecule has 0 aliphatic carbocycles. The summed E-state index contributed by atoms with van der Waals surface area (Å²) in [5, 5.41) is 0. The Hall–Kier alpha value is -2.10. The second-order valence-electron chi connectivity index (χ2n) is 6.19. The van der Waals surface area contributed by atoms with E-state index in [1.54, 1.807) is 33.8 Å². The number of esters is 2. The van der Waals surface area contributed by atoms with Gasteiger partial charge < -0.3 is 9.47 Å². The molecule has 0 saturated carbocycles. The van der Waals surface area contributed by atoms with E-state index in [0.29, 0.717) is 0 Å². The van der Waals surface area contributed by atoms with Crippen LogP contribution in [0.1, 0.15) is 51.7 Å². The Labute approximate surface area is 138 Å². The zero-order chi connectivity index (χ0) is 17.6. The van der Waals surface area contributed by atoms with Crippen molar-refractivity contribution in [2.45, 2.75) is 59.7 Å². The van der Waals surface area contributed by atoms with Gasteiger partial charge in [0.1, 0.15) is 5.57 Å². The zero-order valence-electron chi connectivity index (χ0n) is 14.8. The quantitative estimate of drug-likeness (QED) is 0.345. The van der Waals surface area contributed by atoms with Gasteiger partial charge in [-0.15, -0.1) is 0 Å². The van der Waals surface area contributed by atoms with Crippen molar-refractivity contribution in [1.29, 1.82) is 0 Å². The van der Waals surface area contributed by atoms with E-state index in [-0.39, 0.29) is 23.7 Å². The average molecular weight is 318 g/mol. The topological polar surface area (TPSA) is 52.6 Å². The van der Waals surface area contributed by atoms with Crippen molar-refractivity contribution in [2.75, 3.05) is 0 Å². The summed E-state index contributed by atoms with van der Waals surface area (Å²) in [7, 11) is 0. The normalized spacial score (nSPS) is 12.0. The van der Waals surface area contributed by atoms with Gasteiger partial charge in [0.2, 0.25) is 0 Å². The Kier molecular flexibility index (Phi) is 7.01. The Bertz CT molecular complexity index is 544. The number of hydrogen-bond acceptors (Lipinski definition) is 4. The number of rotatable bonds is 6. The molecule has 1 rings (SSSR count). The lowest BCUT2D eigenvalue weighted by Crippen LogP contribution is -2.23. The first-order valence-electron chi connectivity index (χ1n) is 7.91. The van der Waals surface area contributed by atoms with Gasteiger partial charge in [-0.05, 0) is 40.2 Å². The minimum absolute atomic E-state index is 0.0551. The molecule has 0 spiro atoms. The number of benzene rings is 1. The van der Waals surface area contributed by atoms with Crippen LogP contribution >= 0.6 is 0 Å². The molecular weight excluding hydrogens is 292 g/mol. The first-order valence-corrected chi connectivity index (χ1v) is 7.91. The van der Waals surface area contributed by atoms with Gasteiger partial charge in [-0.1, -0.05) is 42.8 Å². The molecule has 1 aromatic carbocycles. The van der Waals surface area contributed by atoms with Crippen LogP contribution in [0.4, 0.5) is 0 Å². The molecule has 23 heavy (non-hydrogen) atoms. The molecule has 0 aliphatic heterocycles. The zero-order valence-corrected chi connectivity index (χ0v) is 14.8. The van der Waals surface area contributed by atoms with E-state index in [1.807, 2.05) is 38.1 Å². The maximum Gasteiger partial charge on any atom is 0.345 e. The number of ether oxygens (including phenoxy) is 2. The molecule has 0 aromatic heterocycles. The molecule has 126 valence electrons. The summed E-state index contributed by atoms with van der Waals surface area (Å²) in [6, 6.07) is 7.96. The molecule has 1 aromatic rings. The van der Waals surface area contributed by atoms with E-state index in [2.05, 4.69) is 0 Å². The van der Waals surface area contributed by atoms with E-state index >= 15 is 0 Å². The lowest BCUT2D eigenvalue weighted by molar-refractivity contribution is -0.151. The summed E-state index contributed by atoms with van der Waals surface area (Å²) in [5.74, 6) is -1.40. The van der Waals surface area contributed by atoms with Gasteiger partial charge in [0.25, 0.3) is 0 Å². The highest BCUT2D eigenvalue weighted by Gasteiger charge is 2.24. The van der Waals surface area contributed by atoms with E-state index < -0.39 is 11.9 Å². The van der Waals surface area contributed by atoms with Gasteiger partial charge in [0.15, 0.2) is 0 Å². The predicted molar refractivity (Wildman–Crippen MR) is 90.1 cm³/mol. The first kappa shape index (κ1) is 18.9. The van der Waals surface area contributed by atoms with Crippen LogP contribution in [0.2, 0.25) is 0 Å². The molecule has 0 fully saturated rings. The molecule has 1 atom stereocenters. The molecular formula is C19H26O4. The number of hydrogen-bond donors (Lipinski definition) is 0. The Morgan fingerprint density at radius 3 is 1.70 bits per heavy atom. The van der Waals surface area contributed by atoms with Crippen molar-refractivity contribution in [2.24, 2.45) is 0 Å². The smallest absolute Gasteiger partial charge is 0.345 e. The van der Waals surface area contributed by atoms with Crippen LogP contribution in [-0.2, 0) is 19.1 Å². The summed E-state index contributed by atoms with van der Waals surface area (Å²) in [6.45, 7) is 10.9. The van der Waals surface area contributed by atoms with Crippen LogP contribution in [0.25, 0.3) is 0 Å². The van der Waals surface area contributed by atoms with Crippen molar-refractivity contribution in [3.05, 3.63) is 47.0 Å². The molecule has 0 aliphatic rings. The molecule has 0 unspecified atom stereocenters. The van der Waals surface area contributed by atoms with Gasteiger partial charge in [-0.2, -0.15) is 0 Å². The lowest BCUT2D eigenvalue weighted by atomic mass is 9.97. The van der Waals surface area contributed by atoms with Crippen molar-refractivity contribution in [3.8, 4) is 0 Å². The fourth-order valence-corrected chi connectivity index (χ4v) is 1.99. The van der Waals surface area contributed by atoms with E-state index in [9.17, 15) is 9.59 Å². The van der Waals surface area contributed by atoms with Crippen LogP contribution in [0.15, 0.2) is 35.9 Å². The van der Waals surface area contributed by atoms with Crippen molar-refractivity contribution >= 4 is 11.9 Å². The summed E-state index contributed by atoms with van der Waals surface area (Å²) >= 11 is 0. The minimum atomic E-state index is -0.649. The number of aryl methyl sites for hydroxylation is 1. The van der Waals surface area contributed by atoms with Crippen LogP contribution in [0, 0.1) is 6.92 Å². The highest BCUT2D eigenvalue weighted by Crippen LogP contribution is 2.20. The highest BCUT2D eigenvalue weighted by atomic mass is 16.6. The molecule has 4 heteroatoms. The van der Waals surface area contributed by atoms with Gasteiger partial charge in [-0.25, -0.2) is 9.59 Å². The molecule has 0 saturated heterocycles. The monoisotopic (exact) mass is 318 g/mol. The maximum atomic E-state index is 12.2.